The molecule has 6 nitrogen and oxygen atoms in total. The minimum Gasteiger partial charge on any atom is -0.478 e. The van der Waals surface area contributed by atoms with Crippen LogP contribution < -0.4 is 0 Å². The van der Waals surface area contributed by atoms with E-state index < -0.39 is 16.0 Å². The number of aromatic carboxylic acids is 1. The highest BCUT2D eigenvalue weighted by Crippen LogP contribution is 2.22. The van der Waals surface area contributed by atoms with Gasteiger partial charge >= 0.3 is 5.97 Å². The summed E-state index contributed by atoms with van der Waals surface area (Å²) in [5, 5.41) is 8.63. The SMILES string of the molecule is CC1CCN(S(=O)(=O)c2ccc(C(=O)O)cn2)C1. The minimum atomic E-state index is -3.58. The molecule has 18 heavy (non-hydrogen) atoms. The molecule has 0 aromatic carbocycles. The number of nitrogens with zero attached hydrogens (tertiary/aromatic N) is 2. The zero-order chi connectivity index (χ0) is 13.3. The third-order valence-electron chi connectivity index (χ3n) is 2.97. The summed E-state index contributed by atoms with van der Waals surface area (Å²) in [7, 11) is -3.58. The topological polar surface area (TPSA) is 87.6 Å². The molecule has 2 rings (SSSR count). The molecule has 0 spiro atoms. The van der Waals surface area contributed by atoms with Crippen LogP contribution in [0.3, 0.4) is 0 Å². The summed E-state index contributed by atoms with van der Waals surface area (Å²) in [6, 6.07) is 2.49. The molecular weight excluding hydrogens is 256 g/mol. The Kier molecular flexibility index (Phi) is 3.36. The first-order chi connectivity index (χ1) is 8.41. The van der Waals surface area contributed by atoms with Crippen molar-refractivity contribution < 1.29 is 18.3 Å². The third kappa shape index (κ3) is 2.37. The van der Waals surface area contributed by atoms with Crippen LogP contribution in [0.4, 0.5) is 0 Å². The smallest absolute Gasteiger partial charge is 0.337 e. The van der Waals surface area contributed by atoms with Crippen LogP contribution in [-0.2, 0) is 10.0 Å². The van der Waals surface area contributed by atoms with E-state index >= 15 is 0 Å². The summed E-state index contributed by atoms with van der Waals surface area (Å²) in [5.74, 6) is -0.778. The summed E-state index contributed by atoms with van der Waals surface area (Å²) in [4.78, 5) is 14.4. The van der Waals surface area contributed by atoms with Crippen LogP contribution in [0.1, 0.15) is 23.7 Å². The molecule has 1 saturated heterocycles. The van der Waals surface area contributed by atoms with Crippen molar-refractivity contribution in [3.63, 3.8) is 0 Å². The molecule has 0 bridgehead atoms. The van der Waals surface area contributed by atoms with E-state index in [1.807, 2.05) is 6.92 Å². The van der Waals surface area contributed by atoms with Gasteiger partial charge < -0.3 is 5.11 Å². The highest BCUT2D eigenvalue weighted by atomic mass is 32.2. The van der Waals surface area contributed by atoms with E-state index in [2.05, 4.69) is 4.98 Å². The van der Waals surface area contributed by atoms with Crippen molar-refractivity contribution >= 4 is 16.0 Å². The molecule has 7 heteroatoms. The molecule has 1 aromatic rings. The van der Waals surface area contributed by atoms with Crippen molar-refractivity contribution in [2.24, 2.45) is 5.92 Å². The molecule has 1 aliphatic heterocycles. The minimum absolute atomic E-state index is 0.0243. The monoisotopic (exact) mass is 270 g/mol. The standard InChI is InChI=1S/C11H14N2O4S/c1-8-4-5-13(7-8)18(16,17)10-3-2-9(6-12-10)11(14)15/h2-3,6,8H,4-5,7H2,1H3,(H,14,15). The molecule has 1 fully saturated rings. The van der Waals surface area contributed by atoms with Crippen LogP contribution in [0.2, 0.25) is 0 Å². The van der Waals surface area contributed by atoms with Gasteiger partial charge in [0, 0.05) is 19.3 Å². The number of rotatable bonds is 3. The fraction of sp³-hybridized carbons (Fsp3) is 0.455. The first-order valence-electron chi connectivity index (χ1n) is 5.61. The lowest BCUT2D eigenvalue weighted by Gasteiger charge is -2.15. The van der Waals surface area contributed by atoms with Crippen molar-refractivity contribution in [1.29, 1.82) is 0 Å². The maximum atomic E-state index is 12.2. The normalized spacial score (nSPS) is 21.1. The average Bonchev–Trinajstić information content (AvgIpc) is 2.76. The molecule has 98 valence electrons. The fourth-order valence-electron chi connectivity index (χ4n) is 1.90. The molecule has 1 aliphatic rings. The van der Waals surface area contributed by atoms with E-state index in [1.54, 1.807) is 0 Å². The molecule has 0 amide bonds. The lowest BCUT2D eigenvalue weighted by molar-refractivity contribution is 0.0696. The van der Waals surface area contributed by atoms with Crippen molar-refractivity contribution in [3.05, 3.63) is 23.9 Å². The van der Waals surface area contributed by atoms with E-state index in [0.29, 0.717) is 19.0 Å². The van der Waals surface area contributed by atoms with Crippen LogP contribution >= 0.6 is 0 Å². The first kappa shape index (κ1) is 13.0. The van der Waals surface area contributed by atoms with Gasteiger partial charge in [0.2, 0.25) is 0 Å². The maximum absolute atomic E-state index is 12.2. The number of carboxylic acids is 1. The number of pyridine rings is 1. The lowest BCUT2D eigenvalue weighted by atomic mass is 10.2. The summed E-state index contributed by atoms with van der Waals surface area (Å²) < 4.78 is 25.7. The molecule has 1 N–H and O–H groups in total. The Morgan fingerprint density at radius 3 is 2.67 bits per heavy atom. The number of sulfonamides is 1. The Bertz CT molecular complexity index is 553. The molecule has 0 saturated carbocycles. The Morgan fingerprint density at radius 2 is 2.22 bits per heavy atom. The van der Waals surface area contributed by atoms with Crippen molar-refractivity contribution in [1.82, 2.24) is 9.29 Å². The van der Waals surface area contributed by atoms with Gasteiger partial charge in [0.1, 0.15) is 0 Å². The van der Waals surface area contributed by atoms with Gasteiger partial charge in [-0.1, -0.05) is 6.92 Å². The third-order valence-corrected chi connectivity index (χ3v) is 4.76. The Labute approximate surface area is 105 Å². The number of carboxylic acid groups (broad SMARTS) is 1. The van der Waals surface area contributed by atoms with Gasteiger partial charge in [-0.25, -0.2) is 18.2 Å². The van der Waals surface area contributed by atoms with Gasteiger partial charge in [-0.05, 0) is 24.5 Å². The average molecular weight is 270 g/mol. The predicted molar refractivity (Wildman–Crippen MR) is 63.7 cm³/mol. The van der Waals surface area contributed by atoms with Crippen LogP contribution in [0.5, 0.6) is 0 Å². The summed E-state index contributed by atoms with van der Waals surface area (Å²) >= 11 is 0. The van der Waals surface area contributed by atoms with Crippen molar-refractivity contribution in [2.75, 3.05) is 13.1 Å². The Balaban J connectivity index is 2.27. The zero-order valence-corrected chi connectivity index (χ0v) is 10.7. The van der Waals surface area contributed by atoms with Crippen LogP contribution in [-0.4, -0.2) is 41.9 Å². The van der Waals surface area contributed by atoms with E-state index in [9.17, 15) is 13.2 Å². The predicted octanol–water partition coefficient (Wildman–Crippen LogP) is 0.810. The highest BCUT2D eigenvalue weighted by Gasteiger charge is 2.31. The first-order valence-corrected chi connectivity index (χ1v) is 7.05. The summed E-state index contributed by atoms with van der Waals surface area (Å²) in [6.07, 6.45) is 1.90. The lowest BCUT2D eigenvalue weighted by Crippen LogP contribution is -2.29. The summed E-state index contributed by atoms with van der Waals surface area (Å²) in [5.41, 5.74) is -0.0243. The molecule has 0 aliphatic carbocycles. The van der Waals surface area contributed by atoms with Gasteiger partial charge in [-0.15, -0.1) is 0 Å². The summed E-state index contributed by atoms with van der Waals surface area (Å²) in [6.45, 7) is 2.98. The van der Waals surface area contributed by atoms with Crippen molar-refractivity contribution in [3.8, 4) is 0 Å². The van der Waals surface area contributed by atoms with Crippen LogP contribution in [0, 0.1) is 5.92 Å². The van der Waals surface area contributed by atoms with E-state index in [4.69, 9.17) is 5.11 Å². The fourth-order valence-corrected chi connectivity index (χ4v) is 3.39. The largest absolute Gasteiger partial charge is 0.478 e. The molecule has 0 radical (unpaired) electrons. The molecule has 1 atom stereocenters. The molecule has 2 heterocycles. The van der Waals surface area contributed by atoms with Crippen LogP contribution in [0.15, 0.2) is 23.4 Å². The maximum Gasteiger partial charge on any atom is 0.337 e. The Morgan fingerprint density at radius 1 is 1.50 bits per heavy atom. The van der Waals surface area contributed by atoms with Gasteiger partial charge in [-0.3, -0.25) is 0 Å². The van der Waals surface area contributed by atoms with E-state index in [0.717, 1.165) is 12.6 Å². The van der Waals surface area contributed by atoms with Gasteiger partial charge in [-0.2, -0.15) is 4.31 Å². The van der Waals surface area contributed by atoms with E-state index in [-0.39, 0.29) is 10.6 Å². The second-order valence-corrected chi connectivity index (χ2v) is 6.33. The zero-order valence-electron chi connectivity index (χ0n) is 9.91. The quantitative estimate of drug-likeness (QED) is 0.878. The van der Waals surface area contributed by atoms with E-state index in [1.165, 1.54) is 16.4 Å². The highest BCUT2D eigenvalue weighted by molar-refractivity contribution is 7.89. The van der Waals surface area contributed by atoms with Crippen LogP contribution in [0.25, 0.3) is 0 Å². The number of hydrogen-bond donors (Lipinski definition) is 1. The molecule has 1 unspecified atom stereocenters. The van der Waals surface area contributed by atoms with Gasteiger partial charge in [0.25, 0.3) is 10.0 Å². The van der Waals surface area contributed by atoms with Gasteiger partial charge in [0.05, 0.1) is 5.56 Å². The Hall–Kier alpha value is -1.47. The second kappa shape index (κ2) is 4.66. The number of hydrogen-bond acceptors (Lipinski definition) is 4. The number of carbonyl (C=O) groups is 1. The van der Waals surface area contributed by atoms with Gasteiger partial charge in [0.15, 0.2) is 5.03 Å². The molecule has 1 aromatic heterocycles. The second-order valence-electron chi connectivity index (χ2n) is 4.45. The number of aromatic nitrogens is 1. The molecular formula is C11H14N2O4S. The van der Waals surface area contributed by atoms with Crippen molar-refractivity contribution in [2.45, 2.75) is 18.4 Å².